The molecule has 10 heteroatoms. The molecule has 0 amide bonds. The molecule has 2 heterocycles. The van der Waals surface area contributed by atoms with Crippen LogP contribution >= 0.6 is 0 Å². The summed E-state index contributed by atoms with van der Waals surface area (Å²) in [5.41, 5.74) is 0.302. The number of hydrogen-bond acceptors (Lipinski definition) is 7. The van der Waals surface area contributed by atoms with Gasteiger partial charge in [0, 0.05) is 12.3 Å². The second-order valence-corrected chi connectivity index (χ2v) is 8.48. The molecule has 1 aromatic heterocycles. The molecule has 0 bridgehead atoms. The lowest BCUT2D eigenvalue weighted by Gasteiger charge is -2.22. The first-order valence-electron chi connectivity index (χ1n) is 9.03. The van der Waals surface area contributed by atoms with Crippen LogP contribution in [0, 0.1) is 5.92 Å². The van der Waals surface area contributed by atoms with Crippen LogP contribution in [-0.2, 0) is 19.6 Å². The fourth-order valence-electron chi connectivity index (χ4n) is 2.69. The van der Waals surface area contributed by atoms with Crippen molar-refractivity contribution >= 4 is 21.8 Å². The fourth-order valence-corrected chi connectivity index (χ4v) is 4.04. The number of hydrogen-bond donors (Lipinski definition) is 2. The standard InChI is InChI=1S/C19H22N2O7S/c1-12(2)18(19(23)28-11-15(22)14-4-3-7-20-14)21-29(24,25)13-5-6-16-17(10-13)27-9-8-26-16/h3-7,10,12,18,20-21H,8-9,11H2,1-2H3/t18-/m0/s1. The zero-order valence-corrected chi connectivity index (χ0v) is 16.8. The summed E-state index contributed by atoms with van der Waals surface area (Å²) in [5.74, 6) is -0.881. The number of ketones is 1. The van der Waals surface area contributed by atoms with Crippen molar-refractivity contribution < 1.29 is 32.2 Å². The molecule has 29 heavy (non-hydrogen) atoms. The maximum absolute atomic E-state index is 12.8. The molecule has 1 atom stereocenters. The highest BCUT2D eigenvalue weighted by molar-refractivity contribution is 7.89. The van der Waals surface area contributed by atoms with Crippen LogP contribution in [0.4, 0.5) is 0 Å². The van der Waals surface area contributed by atoms with Crippen LogP contribution in [-0.4, -0.2) is 51.0 Å². The molecule has 1 aliphatic rings. The normalized spacial score (nSPS) is 14.4. The Kier molecular flexibility index (Phi) is 6.23. The van der Waals surface area contributed by atoms with Crippen LogP contribution < -0.4 is 14.2 Å². The van der Waals surface area contributed by atoms with E-state index < -0.39 is 40.3 Å². The molecule has 2 N–H and O–H groups in total. The fraction of sp³-hybridized carbons (Fsp3) is 0.368. The Hall–Kier alpha value is -2.85. The SMILES string of the molecule is CC(C)[C@H](NS(=O)(=O)c1ccc2c(c1)OCCO2)C(=O)OCC(=O)c1ccc[nH]1. The van der Waals surface area contributed by atoms with Crippen molar-refractivity contribution in [1.29, 1.82) is 0 Å². The lowest BCUT2D eigenvalue weighted by atomic mass is 10.1. The molecule has 0 fully saturated rings. The molecule has 0 aliphatic carbocycles. The van der Waals surface area contributed by atoms with Gasteiger partial charge in [-0.05, 0) is 30.2 Å². The number of esters is 1. The van der Waals surface area contributed by atoms with Crippen molar-refractivity contribution in [2.24, 2.45) is 5.92 Å². The van der Waals surface area contributed by atoms with E-state index in [-0.39, 0.29) is 4.90 Å². The topological polar surface area (TPSA) is 124 Å². The van der Waals surface area contributed by atoms with Crippen molar-refractivity contribution in [3.63, 3.8) is 0 Å². The second-order valence-electron chi connectivity index (χ2n) is 6.76. The number of carbonyl (C=O) groups is 2. The van der Waals surface area contributed by atoms with Gasteiger partial charge in [0.1, 0.15) is 19.3 Å². The van der Waals surface area contributed by atoms with E-state index in [4.69, 9.17) is 14.2 Å². The smallest absolute Gasteiger partial charge is 0.324 e. The number of rotatable bonds is 8. The molecular weight excluding hydrogens is 400 g/mol. The Labute approximate surface area is 168 Å². The van der Waals surface area contributed by atoms with Gasteiger partial charge < -0.3 is 19.2 Å². The van der Waals surface area contributed by atoms with Crippen LogP contribution in [0.25, 0.3) is 0 Å². The van der Waals surface area contributed by atoms with Crippen molar-refractivity contribution in [3.05, 3.63) is 42.2 Å². The highest BCUT2D eigenvalue weighted by atomic mass is 32.2. The first-order chi connectivity index (χ1) is 13.8. The van der Waals surface area contributed by atoms with Gasteiger partial charge in [-0.25, -0.2) is 8.42 Å². The van der Waals surface area contributed by atoms with E-state index in [1.807, 2.05) is 0 Å². The van der Waals surface area contributed by atoms with Crippen molar-refractivity contribution in [2.45, 2.75) is 24.8 Å². The lowest BCUT2D eigenvalue weighted by Crippen LogP contribution is -2.45. The molecule has 2 aromatic rings. The Morgan fingerprint density at radius 1 is 1.17 bits per heavy atom. The third-order valence-corrected chi connectivity index (χ3v) is 5.71. The van der Waals surface area contributed by atoms with Gasteiger partial charge in [0.05, 0.1) is 10.6 Å². The number of sulfonamides is 1. The van der Waals surface area contributed by atoms with E-state index in [0.29, 0.717) is 30.4 Å². The van der Waals surface area contributed by atoms with E-state index in [0.717, 1.165) is 0 Å². The minimum Gasteiger partial charge on any atom is -0.486 e. The summed E-state index contributed by atoms with van der Waals surface area (Å²) >= 11 is 0. The maximum atomic E-state index is 12.8. The average molecular weight is 422 g/mol. The summed E-state index contributed by atoms with van der Waals surface area (Å²) in [6, 6.07) is 6.25. The van der Waals surface area contributed by atoms with Gasteiger partial charge in [0.15, 0.2) is 18.1 Å². The molecule has 0 saturated heterocycles. The third-order valence-electron chi connectivity index (χ3n) is 4.27. The van der Waals surface area contributed by atoms with Crippen LogP contribution in [0.1, 0.15) is 24.3 Å². The van der Waals surface area contributed by atoms with E-state index in [1.54, 1.807) is 32.2 Å². The minimum atomic E-state index is -4.04. The number of H-pyrrole nitrogens is 1. The summed E-state index contributed by atoms with van der Waals surface area (Å²) in [5, 5.41) is 0. The first kappa shape index (κ1) is 20.9. The number of ether oxygens (including phenoxy) is 3. The molecular formula is C19H22N2O7S. The predicted octanol–water partition coefficient (Wildman–Crippen LogP) is 1.51. The van der Waals surface area contributed by atoms with Crippen LogP contribution in [0.5, 0.6) is 11.5 Å². The highest BCUT2D eigenvalue weighted by Gasteiger charge is 2.31. The van der Waals surface area contributed by atoms with Crippen LogP contribution in [0.15, 0.2) is 41.4 Å². The number of aromatic amines is 1. The quantitative estimate of drug-likeness (QED) is 0.488. The highest BCUT2D eigenvalue weighted by Crippen LogP contribution is 2.32. The van der Waals surface area contributed by atoms with E-state index >= 15 is 0 Å². The van der Waals surface area contributed by atoms with Gasteiger partial charge in [-0.2, -0.15) is 4.72 Å². The molecule has 0 radical (unpaired) electrons. The first-order valence-corrected chi connectivity index (χ1v) is 10.5. The van der Waals surface area contributed by atoms with Crippen molar-refractivity contribution in [3.8, 4) is 11.5 Å². The molecule has 0 unspecified atom stereocenters. The molecule has 0 spiro atoms. The Bertz CT molecular complexity index is 984. The average Bonchev–Trinajstić information content (AvgIpc) is 3.24. The molecule has 0 saturated carbocycles. The third kappa shape index (κ3) is 4.96. The number of aromatic nitrogens is 1. The van der Waals surface area contributed by atoms with Gasteiger partial charge in [-0.1, -0.05) is 13.8 Å². The summed E-state index contributed by atoms with van der Waals surface area (Å²) in [6.07, 6.45) is 1.58. The van der Waals surface area contributed by atoms with Gasteiger partial charge in [0.2, 0.25) is 15.8 Å². The van der Waals surface area contributed by atoms with Gasteiger partial charge in [0.25, 0.3) is 0 Å². The summed E-state index contributed by atoms with van der Waals surface area (Å²) < 4.78 is 43.7. The molecule has 9 nitrogen and oxygen atoms in total. The summed E-state index contributed by atoms with van der Waals surface area (Å²) in [6.45, 7) is 3.56. The second kappa shape index (κ2) is 8.66. The molecule has 3 rings (SSSR count). The Balaban J connectivity index is 1.70. The van der Waals surface area contributed by atoms with Crippen LogP contribution in [0.2, 0.25) is 0 Å². The largest absolute Gasteiger partial charge is 0.486 e. The molecule has 1 aliphatic heterocycles. The van der Waals surface area contributed by atoms with E-state index in [2.05, 4.69) is 9.71 Å². The minimum absolute atomic E-state index is 0.0670. The Morgan fingerprint density at radius 2 is 1.90 bits per heavy atom. The summed E-state index contributed by atoms with van der Waals surface area (Å²) in [7, 11) is -4.04. The number of carbonyl (C=O) groups excluding carboxylic acids is 2. The number of benzene rings is 1. The lowest BCUT2D eigenvalue weighted by molar-refractivity contribution is -0.145. The van der Waals surface area contributed by atoms with Crippen LogP contribution in [0.3, 0.4) is 0 Å². The Morgan fingerprint density at radius 3 is 2.55 bits per heavy atom. The monoisotopic (exact) mass is 422 g/mol. The zero-order valence-electron chi connectivity index (χ0n) is 16.0. The predicted molar refractivity (Wildman–Crippen MR) is 102 cm³/mol. The van der Waals surface area contributed by atoms with Gasteiger partial charge in [-0.15, -0.1) is 0 Å². The van der Waals surface area contributed by atoms with E-state index in [9.17, 15) is 18.0 Å². The summed E-state index contributed by atoms with van der Waals surface area (Å²) in [4.78, 5) is 27.1. The van der Waals surface area contributed by atoms with E-state index in [1.165, 1.54) is 18.2 Å². The van der Waals surface area contributed by atoms with Crippen molar-refractivity contribution in [1.82, 2.24) is 9.71 Å². The molecule has 156 valence electrons. The maximum Gasteiger partial charge on any atom is 0.324 e. The molecule has 1 aromatic carbocycles. The number of nitrogens with one attached hydrogen (secondary N) is 2. The zero-order chi connectivity index (χ0) is 21.0. The van der Waals surface area contributed by atoms with Crippen molar-refractivity contribution in [2.75, 3.05) is 19.8 Å². The van der Waals surface area contributed by atoms with Gasteiger partial charge in [-0.3, -0.25) is 9.59 Å². The van der Waals surface area contributed by atoms with Gasteiger partial charge >= 0.3 is 5.97 Å². The number of fused-ring (bicyclic) bond motifs is 1. The number of Topliss-reactive ketones (excluding diaryl/α,β-unsaturated/α-hetero) is 1.